The highest BCUT2D eigenvalue weighted by molar-refractivity contribution is 5.46. The van der Waals surface area contributed by atoms with Gasteiger partial charge in [0.1, 0.15) is 0 Å². The maximum atomic E-state index is 3.54. The van der Waals surface area contributed by atoms with E-state index in [1.807, 2.05) is 0 Å². The Bertz CT molecular complexity index is 517. The maximum Gasteiger partial charge on any atom is 0.0344 e. The summed E-state index contributed by atoms with van der Waals surface area (Å²) in [4.78, 5) is 7.93. The molecule has 26 heavy (non-hydrogen) atoms. The lowest BCUT2D eigenvalue weighted by atomic mass is 10.0. The SMILES string of the molecule is CCN1CCN(CC)CC(Cc2cccc(NC(C)C)c2)N(CC)CC1. The van der Waals surface area contributed by atoms with Gasteiger partial charge in [-0.25, -0.2) is 0 Å². The van der Waals surface area contributed by atoms with E-state index in [9.17, 15) is 0 Å². The highest BCUT2D eigenvalue weighted by atomic mass is 15.3. The van der Waals surface area contributed by atoms with Crippen LogP contribution >= 0.6 is 0 Å². The molecule has 1 aromatic carbocycles. The van der Waals surface area contributed by atoms with Crippen LogP contribution in [0.3, 0.4) is 0 Å². The summed E-state index contributed by atoms with van der Waals surface area (Å²) in [5.74, 6) is 0. The largest absolute Gasteiger partial charge is 0.383 e. The molecule has 1 atom stereocenters. The Balaban J connectivity index is 2.14. The molecule has 0 spiro atoms. The molecule has 1 aliphatic rings. The maximum absolute atomic E-state index is 3.54. The average molecular weight is 361 g/mol. The number of benzene rings is 1. The smallest absolute Gasteiger partial charge is 0.0344 e. The molecule has 1 fully saturated rings. The van der Waals surface area contributed by atoms with E-state index < -0.39 is 0 Å². The van der Waals surface area contributed by atoms with Crippen LogP contribution in [0.5, 0.6) is 0 Å². The lowest BCUT2D eigenvalue weighted by Gasteiger charge is -2.34. The summed E-state index contributed by atoms with van der Waals surface area (Å²) in [7, 11) is 0. The third kappa shape index (κ3) is 6.57. The van der Waals surface area contributed by atoms with E-state index in [2.05, 4.69) is 78.9 Å². The topological polar surface area (TPSA) is 21.8 Å². The molecule has 0 saturated carbocycles. The Morgan fingerprint density at radius 3 is 2.31 bits per heavy atom. The van der Waals surface area contributed by atoms with E-state index in [1.54, 1.807) is 0 Å². The van der Waals surface area contributed by atoms with Crippen LogP contribution in [0, 0.1) is 0 Å². The minimum atomic E-state index is 0.470. The fraction of sp³-hybridized carbons (Fsp3) is 0.727. The predicted molar refractivity (Wildman–Crippen MR) is 114 cm³/mol. The number of anilines is 1. The standard InChI is InChI=1S/C22H40N4/c1-6-24-12-13-25(7-2)18-22(26(8-3)15-14-24)17-20-10-9-11-21(16-20)23-19(4)5/h9-11,16,19,22-23H,6-8,12-15,17-18H2,1-5H3. The Kier molecular flexibility index (Phi) is 8.89. The highest BCUT2D eigenvalue weighted by Crippen LogP contribution is 2.17. The van der Waals surface area contributed by atoms with Crippen molar-refractivity contribution in [2.45, 2.75) is 53.1 Å². The highest BCUT2D eigenvalue weighted by Gasteiger charge is 2.23. The summed E-state index contributed by atoms with van der Waals surface area (Å²) in [6, 6.07) is 10.1. The monoisotopic (exact) mass is 360 g/mol. The van der Waals surface area contributed by atoms with Gasteiger partial charge in [0, 0.05) is 50.5 Å². The molecule has 1 unspecified atom stereocenters. The third-order valence-corrected chi connectivity index (χ3v) is 5.58. The Labute approximate surface area is 161 Å². The first-order valence-corrected chi connectivity index (χ1v) is 10.6. The second-order valence-corrected chi connectivity index (χ2v) is 7.81. The van der Waals surface area contributed by atoms with E-state index in [1.165, 1.54) is 44.0 Å². The number of likely N-dealkylation sites (N-methyl/N-ethyl adjacent to an activating group) is 3. The van der Waals surface area contributed by atoms with Crippen LogP contribution in [0.25, 0.3) is 0 Å². The van der Waals surface area contributed by atoms with Crippen molar-refractivity contribution in [3.05, 3.63) is 29.8 Å². The van der Waals surface area contributed by atoms with E-state index in [0.29, 0.717) is 12.1 Å². The molecule has 2 rings (SSSR count). The van der Waals surface area contributed by atoms with Gasteiger partial charge in [-0.05, 0) is 57.6 Å². The summed E-state index contributed by atoms with van der Waals surface area (Å²) in [6.07, 6.45) is 1.13. The lowest BCUT2D eigenvalue weighted by molar-refractivity contribution is 0.155. The molecule has 1 saturated heterocycles. The van der Waals surface area contributed by atoms with Crippen LogP contribution in [0.2, 0.25) is 0 Å². The van der Waals surface area contributed by atoms with Crippen molar-refractivity contribution in [3.63, 3.8) is 0 Å². The average Bonchev–Trinajstić information content (AvgIpc) is 2.70. The van der Waals surface area contributed by atoms with Gasteiger partial charge in [0.05, 0.1) is 0 Å². The molecule has 4 heteroatoms. The molecule has 0 bridgehead atoms. The molecule has 4 nitrogen and oxygen atoms in total. The van der Waals surface area contributed by atoms with E-state index >= 15 is 0 Å². The summed E-state index contributed by atoms with van der Waals surface area (Å²) >= 11 is 0. The van der Waals surface area contributed by atoms with Crippen LogP contribution in [-0.2, 0) is 6.42 Å². The van der Waals surface area contributed by atoms with Crippen LogP contribution in [0.15, 0.2) is 24.3 Å². The number of nitrogens with one attached hydrogen (secondary N) is 1. The number of hydrogen-bond acceptors (Lipinski definition) is 4. The Hall–Kier alpha value is -1.10. The zero-order valence-electron chi connectivity index (χ0n) is 17.7. The van der Waals surface area contributed by atoms with Gasteiger partial charge in [0.2, 0.25) is 0 Å². The molecule has 1 N–H and O–H groups in total. The van der Waals surface area contributed by atoms with Crippen molar-refractivity contribution in [3.8, 4) is 0 Å². The van der Waals surface area contributed by atoms with Gasteiger partial charge < -0.3 is 15.1 Å². The molecule has 1 aliphatic heterocycles. The first-order valence-electron chi connectivity index (χ1n) is 10.6. The molecule has 0 amide bonds. The molecule has 0 aliphatic carbocycles. The first kappa shape index (κ1) is 21.2. The van der Waals surface area contributed by atoms with E-state index in [-0.39, 0.29) is 0 Å². The van der Waals surface area contributed by atoms with Crippen molar-refractivity contribution < 1.29 is 0 Å². The van der Waals surface area contributed by atoms with E-state index in [4.69, 9.17) is 0 Å². The van der Waals surface area contributed by atoms with Crippen LogP contribution < -0.4 is 5.32 Å². The van der Waals surface area contributed by atoms with Gasteiger partial charge in [-0.1, -0.05) is 32.9 Å². The quantitative estimate of drug-likeness (QED) is 0.804. The zero-order valence-corrected chi connectivity index (χ0v) is 17.7. The molecule has 1 aromatic rings. The first-order chi connectivity index (χ1) is 12.5. The Morgan fingerprint density at radius 1 is 0.962 bits per heavy atom. The number of nitrogens with zero attached hydrogens (tertiary/aromatic N) is 3. The van der Waals surface area contributed by atoms with Gasteiger partial charge in [-0.2, -0.15) is 0 Å². The summed E-state index contributed by atoms with van der Waals surface area (Å²) in [5.41, 5.74) is 2.69. The third-order valence-electron chi connectivity index (χ3n) is 5.58. The van der Waals surface area contributed by atoms with Crippen molar-refractivity contribution in [1.82, 2.24) is 14.7 Å². The molecule has 0 radical (unpaired) electrons. The number of hydrogen-bond donors (Lipinski definition) is 1. The summed E-state index contributed by atoms with van der Waals surface area (Å²) in [6.45, 7) is 20.6. The molecule has 0 aromatic heterocycles. The minimum Gasteiger partial charge on any atom is -0.383 e. The fourth-order valence-corrected chi connectivity index (χ4v) is 3.96. The summed E-state index contributed by atoms with van der Waals surface area (Å²) in [5, 5.41) is 3.54. The second-order valence-electron chi connectivity index (χ2n) is 7.81. The molecular formula is C22H40N4. The normalized spacial score (nSPS) is 21.4. The number of rotatable bonds is 7. The van der Waals surface area contributed by atoms with Crippen molar-refractivity contribution in [1.29, 1.82) is 0 Å². The molecule has 1 heterocycles. The van der Waals surface area contributed by atoms with Gasteiger partial charge in [0.15, 0.2) is 0 Å². The van der Waals surface area contributed by atoms with Gasteiger partial charge in [0.25, 0.3) is 0 Å². The minimum absolute atomic E-state index is 0.470. The van der Waals surface area contributed by atoms with Gasteiger partial charge >= 0.3 is 0 Å². The van der Waals surface area contributed by atoms with Crippen LogP contribution in [0.1, 0.15) is 40.2 Å². The van der Waals surface area contributed by atoms with Crippen LogP contribution in [0.4, 0.5) is 5.69 Å². The summed E-state index contributed by atoms with van der Waals surface area (Å²) < 4.78 is 0. The van der Waals surface area contributed by atoms with Gasteiger partial charge in [-0.3, -0.25) is 4.90 Å². The second kappa shape index (κ2) is 10.9. The van der Waals surface area contributed by atoms with Crippen molar-refractivity contribution in [2.75, 3.05) is 57.7 Å². The molecule has 148 valence electrons. The predicted octanol–water partition coefficient (Wildman–Crippen LogP) is 3.40. The fourth-order valence-electron chi connectivity index (χ4n) is 3.96. The van der Waals surface area contributed by atoms with Crippen molar-refractivity contribution in [2.24, 2.45) is 0 Å². The van der Waals surface area contributed by atoms with Gasteiger partial charge in [-0.15, -0.1) is 0 Å². The van der Waals surface area contributed by atoms with E-state index in [0.717, 1.165) is 26.1 Å². The zero-order chi connectivity index (χ0) is 18.9. The molecular weight excluding hydrogens is 320 g/mol. The lowest BCUT2D eigenvalue weighted by Crippen LogP contribution is -2.46. The van der Waals surface area contributed by atoms with Crippen molar-refractivity contribution >= 4 is 5.69 Å². The Morgan fingerprint density at radius 2 is 1.65 bits per heavy atom. The van der Waals surface area contributed by atoms with Crippen LogP contribution in [-0.4, -0.2) is 79.1 Å².